The highest BCUT2D eigenvalue weighted by molar-refractivity contribution is 6.30. The molecule has 3 N–H and O–H groups in total. The van der Waals surface area contributed by atoms with Gasteiger partial charge in [-0.1, -0.05) is 37.6 Å². The summed E-state index contributed by atoms with van der Waals surface area (Å²) in [6.07, 6.45) is 3.47. The van der Waals surface area contributed by atoms with E-state index in [-0.39, 0.29) is 6.10 Å². The van der Waals surface area contributed by atoms with Gasteiger partial charge in [-0.3, -0.25) is 0 Å². The Hall–Kier alpha value is -0.610. The van der Waals surface area contributed by atoms with Gasteiger partial charge in [-0.25, -0.2) is 0 Å². The number of quaternary nitrogens is 1. The summed E-state index contributed by atoms with van der Waals surface area (Å²) < 4.78 is 5.80. The highest BCUT2D eigenvalue weighted by Gasteiger charge is 2.30. The van der Waals surface area contributed by atoms with Crippen molar-refractivity contribution in [1.29, 1.82) is 0 Å². The maximum absolute atomic E-state index is 10.2. The van der Waals surface area contributed by atoms with Crippen LogP contribution in [0.2, 0.25) is 5.02 Å². The van der Waals surface area contributed by atoms with Crippen LogP contribution in [-0.2, 0) is 4.74 Å². The third-order valence-corrected chi connectivity index (χ3v) is 5.61. The molecule has 0 aromatic heterocycles. The fourth-order valence-electron chi connectivity index (χ4n) is 3.44. The van der Waals surface area contributed by atoms with Crippen LogP contribution in [0.5, 0.6) is 0 Å². The Morgan fingerprint density at radius 3 is 2.65 bits per heavy atom. The number of ether oxygens (including phenoxy) is 1. The van der Waals surface area contributed by atoms with Gasteiger partial charge < -0.3 is 15.2 Å². The van der Waals surface area contributed by atoms with E-state index in [1.165, 1.54) is 19.3 Å². The zero-order chi connectivity index (χ0) is 16.8. The van der Waals surface area contributed by atoms with Gasteiger partial charge >= 0.3 is 0 Å². The van der Waals surface area contributed by atoms with Crippen LogP contribution in [0.3, 0.4) is 0 Å². The number of hydrogen-bond acceptors (Lipinski definition) is 2. The van der Waals surface area contributed by atoms with E-state index in [9.17, 15) is 5.11 Å². The average molecular weight is 341 g/mol. The Morgan fingerprint density at radius 1 is 1.26 bits per heavy atom. The minimum atomic E-state index is -0.422. The molecular formula is C19H31ClNO2+. The van der Waals surface area contributed by atoms with Gasteiger partial charge in [-0.2, -0.15) is 0 Å². The van der Waals surface area contributed by atoms with E-state index < -0.39 is 6.10 Å². The summed E-state index contributed by atoms with van der Waals surface area (Å²) in [4.78, 5) is 0. The topological polar surface area (TPSA) is 46.1 Å². The van der Waals surface area contributed by atoms with Crippen molar-refractivity contribution < 1.29 is 15.2 Å². The lowest BCUT2D eigenvalue weighted by molar-refractivity contribution is -0.704. The largest absolute Gasteiger partial charge is 0.385 e. The molecule has 5 atom stereocenters. The Kier molecular flexibility index (Phi) is 7.35. The summed E-state index contributed by atoms with van der Waals surface area (Å²) in [6, 6.07) is 8.31. The van der Waals surface area contributed by atoms with Crippen molar-refractivity contribution in [3.63, 3.8) is 0 Å². The smallest absolute Gasteiger partial charge is 0.126 e. The van der Waals surface area contributed by atoms with Crippen LogP contribution >= 0.6 is 11.6 Å². The van der Waals surface area contributed by atoms with Crippen molar-refractivity contribution in [2.75, 3.05) is 13.2 Å². The first-order valence-electron chi connectivity index (χ1n) is 8.85. The second-order valence-corrected chi connectivity index (χ2v) is 7.52. The van der Waals surface area contributed by atoms with E-state index >= 15 is 0 Å². The number of nitrogens with two attached hydrogens (primary N) is 1. The van der Waals surface area contributed by atoms with E-state index in [1.807, 2.05) is 31.2 Å². The summed E-state index contributed by atoms with van der Waals surface area (Å²) in [6.45, 7) is 7.78. The quantitative estimate of drug-likeness (QED) is 0.800. The molecule has 23 heavy (non-hydrogen) atoms. The number of hydrogen-bond donors (Lipinski definition) is 2. The zero-order valence-electron chi connectivity index (χ0n) is 14.5. The summed E-state index contributed by atoms with van der Waals surface area (Å²) in [5.74, 6) is 1.52. The molecule has 0 aliphatic heterocycles. The van der Waals surface area contributed by atoms with Gasteiger partial charge in [0.05, 0.1) is 18.8 Å². The lowest BCUT2D eigenvalue weighted by atomic mass is 9.78. The highest BCUT2D eigenvalue weighted by Crippen LogP contribution is 2.27. The Labute approximate surface area is 145 Å². The molecule has 0 heterocycles. The van der Waals surface area contributed by atoms with Crippen LogP contribution in [0, 0.1) is 11.8 Å². The number of rotatable bonds is 7. The van der Waals surface area contributed by atoms with Crippen molar-refractivity contribution in [3.8, 4) is 0 Å². The number of aliphatic hydroxyl groups is 1. The Morgan fingerprint density at radius 2 is 1.96 bits per heavy atom. The number of benzene rings is 1. The lowest BCUT2D eigenvalue weighted by Crippen LogP contribution is -2.93. The normalized spacial score (nSPS) is 27.6. The molecule has 1 aromatic rings. The van der Waals surface area contributed by atoms with Gasteiger partial charge in [0.25, 0.3) is 0 Å². The molecule has 0 saturated heterocycles. The fraction of sp³-hybridized carbons (Fsp3) is 0.684. The summed E-state index contributed by atoms with van der Waals surface area (Å²) >= 11 is 5.90. The summed E-state index contributed by atoms with van der Waals surface area (Å²) in [5.41, 5.74) is 1.08. The first-order valence-corrected chi connectivity index (χ1v) is 9.23. The van der Waals surface area contributed by atoms with Crippen molar-refractivity contribution in [1.82, 2.24) is 0 Å². The summed E-state index contributed by atoms with van der Waals surface area (Å²) in [5, 5.41) is 13.2. The monoisotopic (exact) mass is 340 g/mol. The molecule has 1 aliphatic rings. The van der Waals surface area contributed by atoms with Crippen molar-refractivity contribution in [3.05, 3.63) is 34.9 Å². The van der Waals surface area contributed by atoms with Crippen LogP contribution in [-0.4, -0.2) is 30.4 Å². The zero-order valence-corrected chi connectivity index (χ0v) is 15.3. The van der Waals surface area contributed by atoms with E-state index in [2.05, 4.69) is 19.2 Å². The Balaban J connectivity index is 1.70. The van der Waals surface area contributed by atoms with Crippen LogP contribution in [0.15, 0.2) is 24.3 Å². The lowest BCUT2D eigenvalue weighted by Gasteiger charge is -2.32. The van der Waals surface area contributed by atoms with E-state index in [1.54, 1.807) is 0 Å². The first-order chi connectivity index (χ1) is 11.0. The van der Waals surface area contributed by atoms with Gasteiger partial charge in [-0.05, 0) is 49.8 Å². The first kappa shape index (κ1) is 18.7. The molecule has 0 spiro atoms. The maximum Gasteiger partial charge on any atom is 0.126 e. The van der Waals surface area contributed by atoms with Gasteiger partial charge in [0.2, 0.25) is 0 Å². The summed E-state index contributed by atoms with van der Waals surface area (Å²) in [7, 11) is 0. The second-order valence-electron chi connectivity index (χ2n) is 7.08. The third kappa shape index (κ3) is 5.75. The molecule has 0 radical (unpaired) electrons. The molecular weight excluding hydrogens is 310 g/mol. The van der Waals surface area contributed by atoms with Crippen molar-refractivity contribution in [2.24, 2.45) is 11.8 Å². The second kappa shape index (κ2) is 9.03. The SMILES string of the molecule is C[C@@H]1[C@@H](C)CCC[C@H]1[NH2+]C[C@H](O)CO[C@@H](C)c1ccc(Cl)cc1. The third-order valence-electron chi connectivity index (χ3n) is 5.36. The predicted octanol–water partition coefficient (Wildman–Crippen LogP) is 3.17. The van der Waals surface area contributed by atoms with Crippen LogP contribution in [0.25, 0.3) is 0 Å². The number of aliphatic hydroxyl groups excluding tert-OH is 1. The molecule has 1 saturated carbocycles. The number of halogens is 1. The fourth-order valence-corrected chi connectivity index (χ4v) is 3.57. The van der Waals surface area contributed by atoms with Gasteiger partial charge in [0, 0.05) is 10.9 Å². The Bertz CT molecular complexity index is 465. The molecule has 1 aromatic carbocycles. The van der Waals surface area contributed by atoms with Crippen LogP contribution in [0.4, 0.5) is 0 Å². The maximum atomic E-state index is 10.2. The van der Waals surface area contributed by atoms with Crippen LogP contribution < -0.4 is 5.32 Å². The molecule has 0 bridgehead atoms. The van der Waals surface area contributed by atoms with Crippen molar-refractivity contribution >= 4 is 11.6 Å². The van der Waals surface area contributed by atoms with Gasteiger partial charge in [0.15, 0.2) is 0 Å². The minimum absolute atomic E-state index is 0.0319. The van der Waals surface area contributed by atoms with Gasteiger partial charge in [-0.15, -0.1) is 0 Å². The van der Waals surface area contributed by atoms with E-state index in [0.29, 0.717) is 12.6 Å². The predicted molar refractivity (Wildman–Crippen MR) is 94.6 cm³/mol. The molecule has 0 amide bonds. The van der Waals surface area contributed by atoms with E-state index in [0.717, 1.165) is 29.0 Å². The minimum Gasteiger partial charge on any atom is -0.385 e. The molecule has 1 fully saturated rings. The highest BCUT2D eigenvalue weighted by atomic mass is 35.5. The standard InChI is InChI=1S/C19H30ClNO2/c1-13-5-4-6-19(14(13)2)21-11-18(22)12-23-15(3)16-7-9-17(20)10-8-16/h7-10,13-15,18-19,21-22H,4-6,11-12H2,1-3H3/p+1/t13-,14+,15-,18-,19+/m0/s1. The average Bonchev–Trinajstić information content (AvgIpc) is 2.54. The molecule has 2 rings (SSSR count). The molecule has 4 heteroatoms. The van der Waals surface area contributed by atoms with E-state index in [4.69, 9.17) is 16.3 Å². The van der Waals surface area contributed by atoms with Crippen molar-refractivity contribution in [2.45, 2.75) is 58.3 Å². The van der Waals surface area contributed by atoms with Gasteiger partial charge in [0.1, 0.15) is 12.6 Å². The molecule has 3 nitrogen and oxygen atoms in total. The van der Waals surface area contributed by atoms with Crippen LogP contribution in [0.1, 0.15) is 51.7 Å². The molecule has 130 valence electrons. The molecule has 1 aliphatic carbocycles. The molecule has 0 unspecified atom stereocenters.